The number of morpholine rings is 1. The van der Waals surface area contributed by atoms with E-state index in [1.807, 2.05) is 31.2 Å². The summed E-state index contributed by atoms with van der Waals surface area (Å²) in [4.78, 5) is 27.0. The van der Waals surface area contributed by atoms with E-state index in [-0.39, 0.29) is 10.6 Å². The van der Waals surface area contributed by atoms with E-state index in [2.05, 4.69) is 30.5 Å². The van der Waals surface area contributed by atoms with Gasteiger partial charge >= 0.3 is 6.03 Å². The SMILES string of the molecule is Cc1ccc(NC(O)Nc2ccc(-c3nsc(NC(=O)NCCCN4CCOCC4)c3C(N)=O)cc2)cc1. The van der Waals surface area contributed by atoms with E-state index >= 15 is 0 Å². The molecule has 11 nitrogen and oxygen atoms in total. The molecule has 1 atom stereocenters. The lowest BCUT2D eigenvalue weighted by Gasteiger charge is -2.26. The van der Waals surface area contributed by atoms with Gasteiger partial charge in [-0.05, 0) is 55.7 Å². The molecular formula is C26H33N7O4S. The van der Waals surface area contributed by atoms with Gasteiger partial charge in [0.2, 0.25) is 6.35 Å². The molecule has 2 aromatic carbocycles. The van der Waals surface area contributed by atoms with Crippen LogP contribution in [-0.2, 0) is 4.74 Å². The molecule has 0 spiro atoms. The number of hydrogen-bond donors (Lipinski definition) is 6. The Hall–Kier alpha value is -3.71. The van der Waals surface area contributed by atoms with Gasteiger partial charge in [0.05, 0.1) is 18.9 Å². The maximum absolute atomic E-state index is 12.4. The summed E-state index contributed by atoms with van der Waals surface area (Å²) in [5, 5.41) is 22.0. The molecule has 202 valence electrons. The number of rotatable bonds is 11. The smallest absolute Gasteiger partial charge is 0.319 e. The van der Waals surface area contributed by atoms with Gasteiger partial charge in [-0.1, -0.05) is 29.8 Å². The minimum absolute atomic E-state index is 0.153. The first kappa shape index (κ1) is 27.3. The first-order valence-electron chi connectivity index (χ1n) is 12.4. The van der Waals surface area contributed by atoms with Crippen molar-refractivity contribution in [2.75, 3.05) is 55.3 Å². The van der Waals surface area contributed by atoms with Gasteiger partial charge in [0, 0.05) is 36.6 Å². The van der Waals surface area contributed by atoms with Crippen LogP contribution < -0.4 is 27.0 Å². The Bertz CT molecular complexity index is 1210. The topological polar surface area (TPSA) is 154 Å². The van der Waals surface area contributed by atoms with Gasteiger partial charge in [-0.15, -0.1) is 0 Å². The molecule has 1 aliphatic rings. The molecular weight excluding hydrogens is 506 g/mol. The maximum Gasteiger partial charge on any atom is 0.319 e. The third-order valence-electron chi connectivity index (χ3n) is 6.02. The molecule has 0 aliphatic carbocycles. The van der Waals surface area contributed by atoms with E-state index < -0.39 is 18.3 Å². The highest BCUT2D eigenvalue weighted by atomic mass is 32.1. The van der Waals surface area contributed by atoms with E-state index in [9.17, 15) is 14.7 Å². The Labute approximate surface area is 225 Å². The molecule has 0 saturated carbocycles. The number of aryl methyl sites for hydroxylation is 1. The summed E-state index contributed by atoms with van der Waals surface area (Å²) in [6, 6.07) is 14.3. The maximum atomic E-state index is 12.4. The second-order valence-electron chi connectivity index (χ2n) is 8.92. The molecule has 38 heavy (non-hydrogen) atoms. The summed E-state index contributed by atoms with van der Waals surface area (Å²) in [6.07, 6.45) is -0.202. The van der Waals surface area contributed by atoms with Crippen molar-refractivity contribution >= 4 is 39.8 Å². The lowest BCUT2D eigenvalue weighted by molar-refractivity contribution is 0.0375. The molecule has 1 aromatic heterocycles. The lowest BCUT2D eigenvalue weighted by atomic mass is 10.1. The molecule has 12 heteroatoms. The molecule has 1 saturated heterocycles. The van der Waals surface area contributed by atoms with E-state index in [1.54, 1.807) is 24.3 Å². The Morgan fingerprint density at radius 3 is 2.34 bits per heavy atom. The Morgan fingerprint density at radius 1 is 1.08 bits per heavy atom. The lowest BCUT2D eigenvalue weighted by Crippen LogP contribution is -2.38. The second-order valence-corrected chi connectivity index (χ2v) is 9.70. The van der Waals surface area contributed by atoms with Crippen LogP contribution in [0.5, 0.6) is 0 Å². The average Bonchev–Trinajstić information content (AvgIpc) is 3.32. The highest BCUT2D eigenvalue weighted by Gasteiger charge is 2.21. The van der Waals surface area contributed by atoms with Crippen molar-refractivity contribution in [1.82, 2.24) is 14.6 Å². The van der Waals surface area contributed by atoms with Gasteiger partial charge in [0.1, 0.15) is 10.6 Å². The number of amides is 3. The number of aliphatic hydroxyl groups excluding tert-OH is 1. The fourth-order valence-electron chi connectivity index (χ4n) is 4.00. The fraction of sp³-hybridized carbons (Fsp3) is 0.346. The van der Waals surface area contributed by atoms with Crippen molar-refractivity contribution < 1.29 is 19.4 Å². The Kier molecular flexibility index (Phi) is 9.49. The number of nitrogens with zero attached hydrogens (tertiary/aromatic N) is 2. The molecule has 1 fully saturated rings. The van der Waals surface area contributed by atoms with Crippen LogP contribution in [0.3, 0.4) is 0 Å². The van der Waals surface area contributed by atoms with Crippen molar-refractivity contribution in [3.63, 3.8) is 0 Å². The first-order valence-corrected chi connectivity index (χ1v) is 13.2. The van der Waals surface area contributed by atoms with Crippen molar-refractivity contribution in [3.8, 4) is 11.3 Å². The van der Waals surface area contributed by atoms with Crippen LogP contribution >= 0.6 is 11.5 Å². The number of carbonyl (C=O) groups is 2. The molecule has 4 rings (SSSR count). The zero-order valence-electron chi connectivity index (χ0n) is 21.2. The summed E-state index contributed by atoms with van der Waals surface area (Å²) < 4.78 is 9.71. The summed E-state index contributed by atoms with van der Waals surface area (Å²) in [5.41, 5.74) is 9.40. The van der Waals surface area contributed by atoms with Crippen LogP contribution in [0.1, 0.15) is 22.3 Å². The second kappa shape index (κ2) is 13.2. The molecule has 2 heterocycles. The molecule has 1 unspecified atom stereocenters. The number of carbonyl (C=O) groups excluding carboxylic acids is 2. The average molecular weight is 540 g/mol. The molecule has 3 aromatic rings. The van der Waals surface area contributed by atoms with Gasteiger partial charge in [0.15, 0.2) is 0 Å². The minimum atomic E-state index is -1.01. The number of hydrogen-bond acceptors (Lipinski definition) is 9. The summed E-state index contributed by atoms with van der Waals surface area (Å²) in [5.74, 6) is -0.684. The van der Waals surface area contributed by atoms with Crippen molar-refractivity contribution in [2.24, 2.45) is 5.73 Å². The number of primary amides is 1. The Balaban J connectivity index is 1.32. The van der Waals surface area contributed by atoms with Crippen LogP contribution in [0.15, 0.2) is 48.5 Å². The van der Waals surface area contributed by atoms with E-state index in [0.29, 0.717) is 23.5 Å². The zero-order valence-corrected chi connectivity index (χ0v) is 22.0. The summed E-state index contributed by atoms with van der Waals surface area (Å²) in [7, 11) is 0. The van der Waals surface area contributed by atoms with Crippen molar-refractivity contribution in [2.45, 2.75) is 19.7 Å². The molecule has 3 amide bonds. The van der Waals surface area contributed by atoms with Gasteiger partial charge in [-0.3, -0.25) is 15.0 Å². The third kappa shape index (κ3) is 7.65. The van der Waals surface area contributed by atoms with E-state index in [4.69, 9.17) is 10.5 Å². The number of benzene rings is 2. The standard InChI is InChI=1S/C26H33N7O4S/c1-17-3-7-19(8-4-17)29-26(36)30-20-9-5-18(6-10-20)22-21(23(27)34)24(38-32-22)31-25(35)28-11-2-12-33-13-15-37-16-14-33/h3-10,26,29-30,36H,2,11-16H2,1H3,(H2,27,34)(H2,28,31,35). The van der Waals surface area contributed by atoms with Gasteiger partial charge in [-0.2, -0.15) is 4.37 Å². The van der Waals surface area contributed by atoms with E-state index in [0.717, 1.165) is 62.1 Å². The van der Waals surface area contributed by atoms with Gasteiger partial charge < -0.3 is 31.5 Å². The van der Waals surface area contributed by atoms with Crippen LogP contribution in [-0.4, -0.2) is 72.1 Å². The number of nitrogens with one attached hydrogen (secondary N) is 4. The van der Waals surface area contributed by atoms with Crippen LogP contribution in [0, 0.1) is 6.92 Å². The monoisotopic (exact) mass is 539 g/mol. The third-order valence-corrected chi connectivity index (χ3v) is 6.79. The largest absolute Gasteiger partial charge is 0.379 e. The van der Waals surface area contributed by atoms with Crippen LogP contribution in [0.4, 0.5) is 21.2 Å². The fourth-order valence-corrected chi connectivity index (χ4v) is 4.81. The first-order chi connectivity index (χ1) is 18.4. The minimum Gasteiger partial charge on any atom is -0.379 e. The molecule has 1 aliphatic heterocycles. The highest BCUT2D eigenvalue weighted by Crippen LogP contribution is 2.32. The molecule has 0 radical (unpaired) electrons. The predicted molar refractivity (Wildman–Crippen MR) is 149 cm³/mol. The summed E-state index contributed by atoms with van der Waals surface area (Å²) in [6.45, 7) is 6.66. The van der Waals surface area contributed by atoms with Crippen molar-refractivity contribution in [3.05, 3.63) is 59.7 Å². The van der Waals surface area contributed by atoms with Crippen molar-refractivity contribution in [1.29, 1.82) is 0 Å². The Morgan fingerprint density at radius 2 is 1.71 bits per heavy atom. The van der Waals surface area contributed by atoms with Gasteiger partial charge in [0.25, 0.3) is 5.91 Å². The number of aliphatic hydroxyl groups is 1. The van der Waals surface area contributed by atoms with Gasteiger partial charge in [-0.25, -0.2) is 4.79 Å². The number of aromatic nitrogens is 1. The van der Waals surface area contributed by atoms with Crippen LogP contribution in [0.25, 0.3) is 11.3 Å². The summed E-state index contributed by atoms with van der Waals surface area (Å²) >= 11 is 0.996. The zero-order chi connectivity index (χ0) is 26.9. The van der Waals surface area contributed by atoms with E-state index in [1.165, 1.54) is 0 Å². The highest BCUT2D eigenvalue weighted by molar-refractivity contribution is 7.11. The quantitative estimate of drug-likeness (QED) is 0.161. The van der Waals surface area contributed by atoms with Crippen LogP contribution in [0.2, 0.25) is 0 Å². The number of anilines is 3. The normalized spacial score (nSPS) is 14.5. The molecule has 7 N–H and O–H groups in total. The predicted octanol–water partition coefficient (Wildman–Crippen LogP) is 2.86. The molecule has 0 bridgehead atoms. The number of nitrogens with two attached hydrogens (primary N) is 1. The number of urea groups is 1. The number of ether oxygens (including phenoxy) is 1.